The molecule has 1 fully saturated rings. The summed E-state index contributed by atoms with van der Waals surface area (Å²) in [7, 11) is 0. The van der Waals surface area contributed by atoms with Crippen LogP contribution in [-0.4, -0.2) is 9.55 Å². The summed E-state index contributed by atoms with van der Waals surface area (Å²) in [4.78, 5) is 4.58. The summed E-state index contributed by atoms with van der Waals surface area (Å²) < 4.78 is 16.0. The Morgan fingerprint density at radius 2 is 2.00 bits per heavy atom. The van der Waals surface area contributed by atoms with Crippen LogP contribution < -0.4 is 0 Å². The molecule has 0 radical (unpaired) electrons. The summed E-state index contributed by atoms with van der Waals surface area (Å²) >= 11 is 6.30. The number of hydrogen-bond acceptors (Lipinski definition) is 1. The molecule has 0 amide bonds. The van der Waals surface area contributed by atoms with E-state index in [1.54, 1.807) is 6.92 Å². The molecule has 20 heavy (non-hydrogen) atoms. The van der Waals surface area contributed by atoms with Crippen LogP contribution in [0.5, 0.6) is 0 Å². The van der Waals surface area contributed by atoms with Crippen LogP contribution in [0.15, 0.2) is 12.1 Å². The van der Waals surface area contributed by atoms with Crippen molar-refractivity contribution in [1.82, 2.24) is 9.55 Å². The number of aryl methyl sites for hydroxylation is 1. The average molecular weight is 295 g/mol. The highest BCUT2D eigenvalue weighted by atomic mass is 35.5. The molecule has 0 saturated heterocycles. The van der Waals surface area contributed by atoms with E-state index in [9.17, 15) is 4.39 Å². The highest BCUT2D eigenvalue weighted by Crippen LogP contribution is 2.35. The van der Waals surface area contributed by atoms with Gasteiger partial charge in [0.2, 0.25) is 0 Å². The minimum atomic E-state index is -0.195. The second kappa shape index (κ2) is 5.36. The molecule has 1 saturated carbocycles. The van der Waals surface area contributed by atoms with Gasteiger partial charge in [0.15, 0.2) is 0 Å². The minimum Gasteiger partial charge on any atom is -0.324 e. The first-order valence-corrected chi connectivity index (χ1v) is 7.83. The third-order valence-electron chi connectivity index (χ3n) is 4.29. The van der Waals surface area contributed by atoms with Gasteiger partial charge in [-0.05, 0) is 38.3 Å². The lowest BCUT2D eigenvalue weighted by molar-refractivity contribution is 0.352. The third-order valence-corrected chi connectivity index (χ3v) is 4.49. The van der Waals surface area contributed by atoms with E-state index in [-0.39, 0.29) is 11.2 Å². The SMILES string of the molecule is Cc1cc2c(cc1F)nc(C(C)Cl)n2C1CCCCC1. The summed E-state index contributed by atoms with van der Waals surface area (Å²) in [5.41, 5.74) is 2.42. The fourth-order valence-corrected chi connectivity index (χ4v) is 3.40. The minimum absolute atomic E-state index is 0.160. The zero-order valence-electron chi connectivity index (χ0n) is 12.0. The van der Waals surface area contributed by atoms with Gasteiger partial charge in [0.1, 0.15) is 11.6 Å². The van der Waals surface area contributed by atoms with Gasteiger partial charge in [-0.25, -0.2) is 9.37 Å². The van der Waals surface area contributed by atoms with Gasteiger partial charge in [-0.2, -0.15) is 0 Å². The molecule has 0 spiro atoms. The van der Waals surface area contributed by atoms with Crippen molar-refractivity contribution in [3.8, 4) is 0 Å². The van der Waals surface area contributed by atoms with E-state index in [0.717, 1.165) is 16.9 Å². The number of imidazole rings is 1. The van der Waals surface area contributed by atoms with Crippen LogP contribution in [0.4, 0.5) is 4.39 Å². The second-order valence-electron chi connectivity index (χ2n) is 5.84. The van der Waals surface area contributed by atoms with Crippen LogP contribution >= 0.6 is 11.6 Å². The first kappa shape index (κ1) is 13.9. The number of hydrogen-bond donors (Lipinski definition) is 0. The van der Waals surface area contributed by atoms with Gasteiger partial charge in [-0.15, -0.1) is 11.6 Å². The molecule has 1 unspecified atom stereocenters. The van der Waals surface area contributed by atoms with Crippen molar-refractivity contribution in [2.45, 2.75) is 57.4 Å². The Kier molecular flexibility index (Phi) is 3.72. The fraction of sp³-hybridized carbons (Fsp3) is 0.562. The molecule has 2 aromatic rings. The standard InChI is InChI=1S/C16H20ClFN2/c1-10-8-15-14(9-13(10)18)19-16(11(2)17)20(15)12-6-4-3-5-7-12/h8-9,11-12H,3-7H2,1-2H3. The molecule has 1 aromatic heterocycles. The maximum atomic E-state index is 13.8. The van der Waals surface area contributed by atoms with Gasteiger partial charge in [0.05, 0.1) is 16.4 Å². The van der Waals surface area contributed by atoms with Crippen LogP contribution in [0, 0.1) is 12.7 Å². The molecule has 4 heteroatoms. The summed E-state index contributed by atoms with van der Waals surface area (Å²) in [6.45, 7) is 3.74. The van der Waals surface area contributed by atoms with E-state index in [1.807, 2.05) is 13.0 Å². The van der Waals surface area contributed by atoms with Gasteiger partial charge >= 0.3 is 0 Å². The number of benzene rings is 1. The number of fused-ring (bicyclic) bond motifs is 1. The van der Waals surface area contributed by atoms with E-state index < -0.39 is 0 Å². The van der Waals surface area contributed by atoms with Crippen molar-refractivity contribution in [3.63, 3.8) is 0 Å². The maximum absolute atomic E-state index is 13.8. The summed E-state index contributed by atoms with van der Waals surface area (Å²) in [6, 6.07) is 3.90. The summed E-state index contributed by atoms with van der Waals surface area (Å²) in [5, 5.41) is -0.160. The van der Waals surface area contributed by atoms with Crippen LogP contribution in [0.1, 0.15) is 61.8 Å². The highest BCUT2D eigenvalue weighted by Gasteiger charge is 2.23. The van der Waals surface area contributed by atoms with Crippen molar-refractivity contribution in [3.05, 3.63) is 29.3 Å². The molecule has 1 heterocycles. The van der Waals surface area contributed by atoms with Crippen molar-refractivity contribution < 1.29 is 4.39 Å². The Morgan fingerprint density at radius 3 is 2.65 bits per heavy atom. The molecule has 108 valence electrons. The predicted molar refractivity (Wildman–Crippen MR) is 80.8 cm³/mol. The average Bonchev–Trinajstić information content (AvgIpc) is 2.79. The van der Waals surface area contributed by atoms with Crippen LogP contribution in [0.25, 0.3) is 11.0 Å². The number of rotatable bonds is 2. The van der Waals surface area contributed by atoms with Gasteiger partial charge in [-0.3, -0.25) is 0 Å². The lowest BCUT2D eigenvalue weighted by Gasteiger charge is -2.26. The molecule has 1 atom stereocenters. The second-order valence-corrected chi connectivity index (χ2v) is 6.49. The molecule has 2 nitrogen and oxygen atoms in total. The smallest absolute Gasteiger partial charge is 0.128 e. The molecule has 0 aliphatic heterocycles. The van der Waals surface area contributed by atoms with Gasteiger partial charge in [0, 0.05) is 12.1 Å². The van der Waals surface area contributed by atoms with E-state index in [2.05, 4.69) is 9.55 Å². The predicted octanol–water partition coefficient (Wildman–Crippen LogP) is 5.29. The van der Waals surface area contributed by atoms with Crippen molar-refractivity contribution in [2.75, 3.05) is 0 Å². The van der Waals surface area contributed by atoms with Crippen molar-refractivity contribution >= 4 is 22.6 Å². The molecule has 1 aliphatic carbocycles. The quantitative estimate of drug-likeness (QED) is 0.688. The monoisotopic (exact) mass is 294 g/mol. The first-order chi connectivity index (χ1) is 9.58. The molecular weight excluding hydrogens is 275 g/mol. The van der Waals surface area contributed by atoms with Crippen molar-refractivity contribution in [2.24, 2.45) is 0 Å². The molecular formula is C16H20ClFN2. The number of nitrogens with zero attached hydrogens (tertiary/aromatic N) is 2. The summed E-state index contributed by atoms with van der Waals surface area (Å²) in [5.74, 6) is 0.679. The van der Waals surface area contributed by atoms with Gasteiger partial charge in [0.25, 0.3) is 0 Å². The molecule has 3 rings (SSSR count). The molecule has 0 N–H and O–H groups in total. The Hall–Kier alpha value is -1.09. The topological polar surface area (TPSA) is 17.8 Å². The molecule has 1 aromatic carbocycles. The maximum Gasteiger partial charge on any atom is 0.128 e. The molecule has 0 bridgehead atoms. The Bertz CT molecular complexity index is 627. The lowest BCUT2D eigenvalue weighted by atomic mass is 9.95. The van der Waals surface area contributed by atoms with Crippen molar-refractivity contribution in [1.29, 1.82) is 0 Å². The number of halogens is 2. The zero-order valence-corrected chi connectivity index (χ0v) is 12.8. The van der Waals surface area contributed by atoms with E-state index in [0.29, 0.717) is 11.6 Å². The van der Waals surface area contributed by atoms with Crippen LogP contribution in [0.3, 0.4) is 0 Å². The lowest BCUT2D eigenvalue weighted by Crippen LogP contribution is -2.15. The van der Waals surface area contributed by atoms with Crippen LogP contribution in [-0.2, 0) is 0 Å². The number of aromatic nitrogens is 2. The largest absolute Gasteiger partial charge is 0.324 e. The Balaban J connectivity index is 2.20. The normalized spacial score (nSPS) is 18.6. The van der Waals surface area contributed by atoms with E-state index in [1.165, 1.54) is 38.2 Å². The zero-order chi connectivity index (χ0) is 14.3. The first-order valence-electron chi connectivity index (χ1n) is 7.40. The van der Waals surface area contributed by atoms with E-state index >= 15 is 0 Å². The molecule has 1 aliphatic rings. The number of alkyl halides is 1. The van der Waals surface area contributed by atoms with Gasteiger partial charge < -0.3 is 4.57 Å². The van der Waals surface area contributed by atoms with Gasteiger partial charge in [-0.1, -0.05) is 19.3 Å². The fourth-order valence-electron chi connectivity index (χ4n) is 3.24. The van der Waals surface area contributed by atoms with Crippen LogP contribution in [0.2, 0.25) is 0 Å². The van der Waals surface area contributed by atoms with E-state index in [4.69, 9.17) is 11.6 Å². The highest BCUT2D eigenvalue weighted by molar-refractivity contribution is 6.20. The third kappa shape index (κ3) is 2.32. The summed E-state index contributed by atoms with van der Waals surface area (Å²) in [6.07, 6.45) is 6.14. The Labute approximate surface area is 123 Å². The Morgan fingerprint density at radius 1 is 1.30 bits per heavy atom.